The van der Waals surface area contributed by atoms with Crippen molar-refractivity contribution in [3.05, 3.63) is 58.4 Å². The van der Waals surface area contributed by atoms with Crippen molar-refractivity contribution in [1.29, 1.82) is 0 Å². The SMILES string of the molecule is COc1cccc(OC)c1C(O)c1ccc(Cl)cc1F. The molecule has 0 bridgehead atoms. The molecule has 0 saturated carbocycles. The average molecular weight is 297 g/mol. The van der Waals surface area contributed by atoms with E-state index in [-0.39, 0.29) is 10.6 Å². The fraction of sp³-hybridized carbons (Fsp3) is 0.200. The van der Waals surface area contributed by atoms with E-state index in [1.54, 1.807) is 18.2 Å². The van der Waals surface area contributed by atoms with Gasteiger partial charge in [-0.2, -0.15) is 0 Å². The van der Waals surface area contributed by atoms with Gasteiger partial charge in [-0.25, -0.2) is 4.39 Å². The molecule has 0 saturated heterocycles. The number of aliphatic hydroxyl groups excluding tert-OH is 1. The van der Waals surface area contributed by atoms with Crippen molar-refractivity contribution in [3.63, 3.8) is 0 Å². The first kappa shape index (κ1) is 14.6. The van der Waals surface area contributed by atoms with Crippen LogP contribution in [-0.4, -0.2) is 19.3 Å². The van der Waals surface area contributed by atoms with Crippen LogP contribution in [0.5, 0.6) is 11.5 Å². The third kappa shape index (κ3) is 2.71. The summed E-state index contributed by atoms with van der Waals surface area (Å²) < 4.78 is 24.3. The van der Waals surface area contributed by atoms with Crippen LogP contribution in [0.25, 0.3) is 0 Å². The second-order valence-corrected chi connectivity index (χ2v) is 4.58. The molecule has 0 radical (unpaired) electrons. The smallest absolute Gasteiger partial charge is 0.130 e. The van der Waals surface area contributed by atoms with Gasteiger partial charge in [0.2, 0.25) is 0 Å². The van der Waals surface area contributed by atoms with Crippen molar-refractivity contribution in [2.24, 2.45) is 0 Å². The minimum atomic E-state index is -1.21. The molecule has 0 amide bonds. The Morgan fingerprint density at radius 3 is 2.20 bits per heavy atom. The summed E-state index contributed by atoms with van der Waals surface area (Å²) in [6.45, 7) is 0. The van der Waals surface area contributed by atoms with E-state index in [2.05, 4.69) is 0 Å². The Morgan fingerprint density at radius 2 is 1.70 bits per heavy atom. The van der Waals surface area contributed by atoms with E-state index in [1.165, 1.54) is 26.4 Å². The highest BCUT2D eigenvalue weighted by molar-refractivity contribution is 6.30. The molecule has 0 heterocycles. The number of benzene rings is 2. The molecule has 20 heavy (non-hydrogen) atoms. The lowest BCUT2D eigenvalue weighted by Crippen LogP contribution is -2.07. The predicted molar refractivity (Wildman–Crippen MR) is 75.0 cm³/mol. The fourth-order valence-electron chi connectivity index (χ4n) is 2.03. The normalized spacial score (nSPS) is 12.1. The molecule has 3 nitrogen and oxygen atoms in total. The lowest BCUT2D eigenvalue weighted by molar-refractivity contribution is 0.204. The van der Waals surface area contributed by atoms with Crippen LogP contribution in [0, 0.1) is 5.82 Å². The van der Waals surface area contributed by atoms with Crippen LogP contribution in [0.15, 0.2) is 36.4 Å². The zero-order chi connectivity index (χ0) is 14.7. The summed E-state index contributed by atoms with van der Waals surface area (Å²) >= 11 is 5.71. The number of rotatable bonds is 4. The molecule has 1 N–H and O–H groups in total. The van der Waals surface area contributed by atoms with Gasteiger partial charge in [0.1, 0.15) is 23.4 Å². The summed E-state index contributed by atoms with van der Waals surface area (Å²) in [5.74, 6) is 0.260. The zero-order valence-corrected chi connectivity index (χ0v) is 11.8. The second-order valence-electron chi connectivity index (χ2n) is 4.14. The average Bonchev–Trinajstić information content (AvgIpc) is 2.45. The molecule has 1 unspecified atom stereocenters. The van der Waals surface area contributed by atoms with Gasteiger partial charge in [0.05, 0.1) is 19.8 Å². The van der Waals surface area contributed by atoms with Crippen molar-refractivity contribution in [2.45, 2.75) is 6.10 Å². The molecule has 0 aliphatic rings. The fourth-order valence-corrected chi connectivity index (χ4v) is 2.19. The minimum absolute atomic E-state index is 0.109. The molecule has 2 rings (SSSR count). The van der Waals surface area contributed by atoms with E-state index >= 15 is 0 Å². The zero-order valence-electron chi connectivity index (χ0n) is 11.1. The highest BCUT2D eigenvalue weighted by Gasteiger charge is 2.23. The molecule has 1 atom stereocenters. The lowest BCUT2D eigenvalue weighted by atomic mass is 9.99. The molecule has 0 fully saturated rings. The van der Waals surface area contributed by atoms with Gasteiger partial charge in [0.25, 0.3) is 0 Å². The van der Waals surface area contributed by atoms with Crippen LogP contribution in [0.2, 0.25) is 5.02 Å². The highest BCUT2D eigenvalue weighted by atomic mass is 35.5. The van der Waals surface area contributed by atoms with Crippen LogP contribution in [0.1, 0.15) is 17.2 Å². The number of hydrogen-bond acceptors (Lipinski definition) is 3. The van der Waals surface area contributed by atoms with Gasteiger partial charge < -0.3 is 14.6 Å². The number of ether oxygens (including phenoxy) is 2. The summed E-state index contributed by atoms with van der Waals surface area (Å²) in [4.78, 5) is 0. The Balaban J connectivity index is 2.55. The maximum Gasteiger partial charge on any atom is 0.130 e. The minimum Gasteiger partial charge on any atom is -0.496 e. The molecule has 0 aliphatic carbocycles. The summed E-state index contributed by atoms with van der Waals surface area (Å²) in [6, 6.07) is 9.19. The van der Waals surface area contributed by atoms with Crippen molar-refractivity contribution in [2.75, 3.05) is 14.2 Å². The van der Waals surface area contributed by atoms with Crippen molar-refractivity contribution in [3.8, 4) is 11.5 Å². The Kier molecular flexibility index (Phi) is 4.47. The van der Waals surface area contributed by atoms with Gasteiger partial charge in [-0.3, -0.25) is 0 Å². The van der Waals surface area contributed by atoms with E-state index in [1.807, 2.05) is 0 Å². The van der Waals surface area contributed by atoms with Crippen LogP contribution in [0.4, 0.5) is 4.39 Å². The van der Waals surface area contributed by atoms with E-state index in [0.29, 0.717) is 17.1 Å². The third-order valence-electron chi connectivity index (χ3n) is 3.00. The Bertz CT molecular complexity index is 594. The molecule has 106 valence electrons. The third-order valence-corrected chi connectivity index (χ3v) is 3.23. The van der Waals surface area contributed by atoms with Crippen LogP contribution in [0.3, 0.4) is 0 Å². The maximum atomic E-state index is 13.9. The Labute approximate surface area is 121 Å². The van der Waals surface area contributed by atoms with Crippen LogP contribution < -0.4 is 9.47 Å². The summed E-state index contributed by atoms with van der Waals surface area (Å²) in [5, 5.41) is 10.7. The highest BCUT2D eigenvalue weighted by Crippen LogP contribution is 2.38. The first-order valence-corrected chi connectivity index (χ1v) is 6.30. The van der Waals surface area contributed by atoms with Crippen molar-refractivity contribution >= 4 is 11.6 Å². The van der Waals surface area contributed by atoms with Gasteiger partial charge in [0, 0.05) is 10.6 Å². The molecule has 0 aromatic heterocycles. The first-order valence-electron chi connectivity index (χ1n) is 5.92. The predicted octanol–water partition coefficient (Wildman–Crippen LogP) is 3.58. The van der Waals surface area contributed by atoms with Gasteiger partial charge >= 0.3 is 0 Å². The van der Waals surface area contributed by atoms with Gasteiger partial charge in [-0.1, -0.05) is 23.7 Å². The van der Waals surface area contributed by atoms with Crippen LogP contribution >= 0.6 is 11.6 Å². The van der Waals surface area contributed by atoms with Gasteiger partial charge in [-0.05, 0) is 24.3 Å². The number of hydrogen-bond donors (Lipinski definition) is 1. The summed E-state index contributed by atoms with van der Waals surface area (Å²) in [5.41, 5.74) is 0.482. The number of halogens is 2. The number of aliphatic hydroxyl groups is 1. The van der Waals surface area contributed by atoms with E-state index < -0.39 is 11.9 Å². The molecular formula is C15H14ClFO3. The first-order chi connectivity index (χ1) is 9.58. The molecule has 5 heteroatoms. The largest absolute Gasteiger partial charge is 0.496 e. The van der Waals surface area contributed by atoms with Gasteiger partial charge in [0.15, 0.2) is 0 Å². The summed E-state index contributed by atoms with van der Waals surface area (Å²) in [6.07, 6.45) is -1.21. The lowest BCUT2D eigenvalue weighted by Gasteiger charge is -2.18. The topological polar surface area (TPSA) is 38.7 Å². The Morgan fingerprint density at radius 1 is 1.10 bits per heavy atom. The monoisotopic (exact) mass is 296 g/mol. The molecule has 2 aromatic rings. The molecule has 0 aliphatic heterocycles. The second kappa shape index (κ2) is 6.11. The van der Waals surface area contributed by atoms with Crippen molar-refractivity contribution < 1.29 is 19.0 Å². The van der Waals surface area contributed by atoms with E-state index in [9.17, 15) is 9.50 Å². The molecule has 0 spiro atoms. The van der Waals surface area contributed by atoms with E-state index in [0.717, 1.165) is 6.07 Å². The van der Waals surface area contributed by atoms with Crippen LogP contribution in [-0.2, 0) is 0 Å². The van der Waals surface area contributed by atoms with E-state index in [4.69, 9.17) is 21.1 Å². The number of methoxy groups -OCH3 is 2. The van der Waals surface area contributed by atoms with Gasteiger partial charge in [-0.15, -0.1) is 0 Å². The maximum absolute atomic E-state index is 13.9. The molecular weight excluding hydrogens is 283 g/mol. The summed E-state index contributed by atoms with van der Waals surface area (Å²) in [7, 11) is 2.95. The standard InChI is InChI=1S/C15H14ClFO3/c1-19-12-4-3-5-13(20-2)14(12)15(18)10-7-6-9(16)8-11(10)17/h3-8,15,18H,1-2H3. The quantitative estimate of drug-likeness (QED) is 0.937. The van der Waals surface area contributed by atoms with Crippen molar-refractivity contribution in [1.82, 2.24) is 0 Å². The molecule has 2 aromatic carbocycles. The Hall–Kier alpha value is -1.78.